The second-order valence-corrected chi connectivity index (χ2v) is 14.3. The Hall–Kier alpha value is -2.76. The van der Waals surface area contributed by atoms with E-state index in [1.54, 1.807) is 48.2 Å². The van der Waals surface area contributed by atoms with E-state index >= 15 is 0 Å². The van der Waals surface area contributed by atoms with Gasteiger partial charge in [0.2, 0.25) is 10.0 Å². The van der Waals surface area contributed by atoms with Crippen molar-refractivity contribution in [3.8, 4) is 0 Å². The molecule has 3 aliphatic rings. The van der Waals surface area contributed by atoms with Crippen LogP contribution in [0.15, 0.2) is 40.7 Å². The number of amides is 2. The highest BCUT2D eigenvalue weighted by atomic mass is 35.5. The van der Waals surface area contributed by atoms with Gasteiger partial charge in [-0.1, -0.05) is 23.2 Å². The molecule has 2 aromatic rings. The van der Waals surface area contributed by atoms with Crippen molar-refractivity contribution >= 4 is 57.0 Å². The number of aliphatic imine (C=N–C) groups is 1. The molecule has 0 aliphatic carbocycles. The van der Waals surface area contributed by atoms with E-state index < -0.39 is 21.2 Å². The molecule has 2 amide bonds. The second kappa shape index (κ2) is 11.4. The summed E-state index contributed by atoms with van der Waals surface area (Å²) in [6.07, 6.45) is 3.12. The number of benzene rings is 2. The first-order chi connectivity index (χ1) is 19.7. The van der Waals surface area contributed by atoms with Crippen LogP contribution < -0.4 is 5.32 Å². The third-order valence-corrected chi connectivity index (χ3v) is 10.8. The van der Waals surface area contributed by atoms with E-state index in [9.17, 15) is 23.1 Å². The lowest BCUT2D eigenvalue weighted by Crippen LogP contribution is -2.50. The van der Waals surface area contributed by atoms with Crippen molar-refractivity contribution in [3.63, 3.8) is 0 Å². The summed E-state index contributed by atoms with van der Waals surface area (Å²) in [7, 11) is -3.77. The highest BCUT2D eigenvalue weighted by Crippen LogP contribution is 2.33. The molecule has 0 aromatic heterocycles. The smallest absolute Gasteiger partial charge is 0.253 e. The average Bonchev–Trinajstić information content (AvgIpc) is 3.24. The number of halogens is 2. The Morgan fingerprint density at radius 2 is 1.62 bits per heavy atom. The van der Waals surface area contributed by atoms with Crippen molar-refractivity contribution in [2.24, 2.45) is 4.99 Å². The molecule has 0 atom stereocenters. The summed E-state index contributed by atoms with van der Waals surface area (Å²) in [5.74, 6) is 0.0461. The summed E-state index contributed by atoms with van der Waals surface area (Å²) >= 11 is 12.1. The number of carbonyl (C=O) groups is 2. The molecular formula is C30H34Cl2N4O5S. The minimum Gasteiger partial charge on any atom is -0.390 e. The number of amidine groups is 1. The predicted octanol–water partition coefficient (Wildman–Crippen LogP) is 4.31. The van der Waals surface area contributed by atoms with Gasteiger partial charge in [0.15, 0.2) is 0 Å². The summed E-state index contributed by atoms with van der Waals surface area (Å²) in [6, 6.07) is 8.55. The van der Waals surface area contributed by atoms with Crippen LogP contribution in [0, 0.1) is 13.8 Å². The first-order valence-electron chi connectivity index (χ1n) is 13.9. The zero-order chi connectivity index (χ0) is 30.4. The molecule has 224 valence electrons. The zero-order valence-corrected chi connectivity index (χ0v) is 26.1. The Balaban J connectivity index is 1.26. The molecule has 0 radical (unpaired) electrons. The second-order valence-electron chi connectivity index (χ2n) is 11.6. The van der Waals surface area contributed by atoms with Crippen molar-refractivity contribution in [3.05, 3.63) is 73.6 Å². The van der Waals surface area contributed by atoms with Crippen LogP contribution >= 0.6 is 23.2 Å². The van der Waals surface area contributed by atoms with Crippen molar-refractivity contribution in [2.45, 2.75) is 57.6 Å². The lowest BCUT2D eigenvalue weighted by molar-refractivity contribution is -0.124. The molecule has 2 saturated heterocycles. The van der Waals surface area contributed by atoms with E-state index in [0.717, 1.165) is 16.7 Å². The lowest BCUT2D eigenvalue weighted by Gasteiger charge is -2.36. The van der Waals surface area contributed by atoms with Gasteiger partial charge in [0.05, 0.1) is 15.6 Å². The molecule has 2 fully saturated rings. The molecule has 2 N–H and O–H groups in total. The number of aliphatic hydroxyl groups is 1. The monoisotopic (exact) mass is 632 g/mol. The summed E-state index contributed by atoms with van der Waals surface area (Å²) in [5, 5.41) is 14.9. The van der Waals surface area contributed by atoms with Crippen LogP contribution in [0.4, 0.5) is 0 Å². The molecule has 12 heteroatoms. The number of nitrogens with zero attached hydrogens (tertiary/aromatic N) is 3. The van der Waals surface area contributed by atoms with Crippen LogP contribution in [-0.2, 0) is 14.8 Å². The van der Waals surface area contributed by atoms with E-state index in [1.165, 1.54) is 9.71 Å². The van der Waals surface area contributed by atoms with Crippen molar-refractivity contribution < 1.29 is 23.1 Å². The van der Waals surface area contributed by atoms with Gasteiger partial charge < -0.3 is 15.3 Å². The van der Waals surface area contributed by atoms with Gasteiger partial charge in [-0.25, -0.2) is 8.42 Å². The highest BCUT2D eigenvalue weighted by Gasteiger charge is 2.47. The van der Waals surface area contributed by atoms with Gasteiger partial charge in [-0.3, -0.25) is 14.6 Å². The van der Waals surface area contributed by atoms with E-state index in [-0.39, 0.29) is 37.7 Å². The predicted molar refractivity (Wildman–Crippen MR) is 164 cm³/mol. The zero-order valence-electron chi connectivity index (χ0n) is 23.8. The van der Waals surface area contributed by atoms with E-state index in [1.807, 2.05) is 13.8 Å². The molecule has 0 bridgehead atoms. The van der Waals surface area contributed by atoms with Crippen LogP contribution in [0.3, 0.4) is 0 Å². The average molecular weight is 634 g/mol. The quantitative estimate of drug-likeness (QED) is 0.509. The molecule has 0 saturated carbocycles. The van der Waals surface area contributed by atoms with E-state index in [4.69, 9.17) is 23.2 Å². The van der Waals surface area contributed by atoms with Gasteiger partial charge in [-0.05, 0) is 99.6 Å². The number of sulfonamides is 1. The number of hydrogen-bond acceptors (Lipinski definition) is 6. The first kappa shape index (κ1) is 30.7. The van der Waals surface area contributed by atoms with Gasteiger partial charge in [0, 0.05) is 42.7 Å². The largest absolute Gasteiger partial charge is 0.390 e. The van der Waals surface area contributed by atoms with Crippen molar-refractivity contribution in [1.29, 1.82) is 0 Å². The lowest BCUT2D eigenvalue weighted by atomic mass is 9.89. The maximum Gasteiger partial charge on any atom is 0.253 e. The van der Waals surface area contributed by atoms with E-state index in [0.29, 0.717) is 52.9 Å². The molecule has 0 unspecified atom stereocenters. The first-order valence-corrected chi connectivity index (χ1v) is 16.1. The Morgan fingerprint density at radius 1 is 1.00 bits per heavy atom. The Labute approximate surface area is 256 Å². The maximum absolute atomic E-state index is 13.3. The highest BCUT2D eigenvalue weighted by molar-refractivity contribution is 7.92. The fourth-order valence-corrected chi connectivity index (χ4v) is 7.19. The third kappa shape index (κ3) is 6.14. The maximum atomic E-state index is 13.3. The summed E-state index contributed by atoms with van der Waals surface area (Å²) in [5.41, 5.74) is 1.71. The van der Waals surface area contributed by atoms with Crippen molar-refractivity contribution in [1.82, 2.24) is 14.5 Å². The van der Waals surface area contributed by atoms with Crippen LogP contribution in [-0.4, -0.2) is 77.7 Å². The number of aryl methyl sites for hydroxylation is 2. The molecule has 3 heterocycles. The van der Waals surface area contributed by atoms with E-state index in [2.05, 4.69) is 10.3 Å². The molecule has 9 nitrogen and oxygen atoms in total. The minimum absolute atomic E-state index is 0.0944. The number of carbonyl (C=O) groups excluding carboxylic acids is 2. The van der Waals surface area contributed by atoms with Gasteiger partial charge in [0.25, 0.3) is 11.8 Å². The fraction of sp³-hybridized carbons (Fsp3) is 0.433. The van der Waals surface area contributed by atoms with Gasteiger partial charge in [0.1, 0.15) is 11.4 Å². The fourth-order valence-electron chi connectivity index (χ4n) is 5.72. The Bertz CT molecular complexity index is 1580. The topological polar surface area (TPSA) is 119 Å². The summed E-state index contributed by atoms with van der Waals surface area (Å²) in [6.45, 7) is 6.76. The number of likely N-dealkylation sites (tertiary alicyclic amines) is 1. The molecule has 3 aliphatic heterocycles. The summed E-state index contributed by atoms with van der Waals surface area (Å²) < 4.78 is 27.9. The standard InChI is InChI=1S/C30H34Cl2N4O5S/c1-19-16-22(27(37)35-11-7-29(3,39)8-12-35)17-20(2)23(19)6-15-42(40,41)36-13-9-30(10-14-36)28(38)33-26(34-30)21-4-5-24(31)25(32)18-21/h4-6,15-18,39H,7-14H2,1-3H3,(H,33,34,38)/b15-6+. The van der Waals surface area contributed by atoms with Crippen molar-refractivity contribution in [2.75, 3.05) is 26.2 Å². The molecule has 5 rings (SSSR count). The van der Waals surface area contributed by atoms with Crippen LogP contribution in [0.2, 0.25) is 10.0 Å². The van der Waals surface area contributed by atoms with Gasteiger partial charge >= 0.3 is 0 Å². The Morgan fingerprint density at radius 3 is 2.21 bits per heavy atom. The number of piperidine rings is 2. The molecule has 42 heavy (non-hydrogen) atoms. The molecule has 1 spiro atoms. The van der Waals surface area contributed by atoms with Crippen LogP contribution in [0.1, 0.15) is 65.2 Å². The van der Waals surface area contributed by atoms with Crippen LogP contribution in [0.5, 0.6) is 0 Å². The SMILES string of the molecule is Cc1cc(C(=O)N2CCC(C)(O)CC2)cc(C)c1/C=C/S(=O)(=O)N1CCC2(CC1)N=C(c1ccc(Cl)c(Cl)c1)NC2=O. The number of hydrogen-bond donors (Lipinski definition) is 2. The number of nitrogens with one attached hydrogen (secondary N) is 1. The minimum atomic E-state index is -3.77. The Kier molecular flexibility index (Phi) is 8.32. The summed E-state index contributed by atoms with van der Waals surface area (Å²) in [4.78, 5) is 32.4. The van der Waals surface area contributed by atoms with Crippen LogP contribution in [0.25, 0.3) is 6.08 Å². The van der Waals surface area contributed by atoms with Gasteiger partial charge in [-0.15, -0.1) is 0 Å². The molecule has 2 aromatic carbocycles. The molecular weight excluding hydrogens is 599 g/mol. The third-order valence-electron chi connectivity index (χ3n) is 8.46. The van der Waals surface area contributed by atoms with Gasteiger partial charge in [-0.2, -0.15) is 4.31 Å². The normalized spacial score (nSPS) is 20.7. The number of rotatable bonds is 5.